The van der Waals surface area contributed by atoms with E-state index >= 15 is 0 Å². The zero-order valence-corrected chi connectivity index (χ0v) is 13.1. The van der Waals surface area contributed by atoms with Crippen molar-refractivity contribution in [3.8, 4) is 0 Å². The van der Waals surface area contributed by atoms with Crippen molar-refractivity contribution in [3.05, 3.63) is 59.9 Å². The number of carbonyl (C=O) groups excluding carboxylic acids is 2. The number of benzene rings is 2. The van der Waals surface area contributed by atoms with Crippen LogP contribution in [0, 0.1) is 5.82 Å². The Morgan fingerprint density at radius 3 is 2.12 bits per heavy atom. The predicted molar refractivity (Wildman–Crippen MR) is 85.2 cm³/mol. The third-order valence-corrected chi connectivity index (χ3v) is 3.91. The number of carbonyl (C=O) groups is 2. The average molecular weight is 351 g/mol. The van der Waals surface area contributed by atoms with Gasteiger partial charge in [-0.3, -0.25) is 9.59 Å². The van der Waals surface area contributed by atoms with Gasteiger partial charge in [0.1, 0.15) is 5.82 Å². The van der Waals surface area contributed by atoms with Crippen LogP contribution in [0.4, 0.5) is 10.1 Å². The Morgan fingerprint density at radius 2 is 1.58 bits per heavy atom. The maximum Gasteiger partial charge on any atom is 0.251 e. The van der Waals surface area contributed by atoms with Crippen molar-refractivity contribution >= 4 is 27.5 Å². The van der Waals surface area contributed by atoms with E-state index in [2.05, 4.69) is 10.6 Å². The van der Waals surface area contributed by atoms with Crippen LogP contribution < -0.4 is 15.8 Å². The zero-order valence-electron chi connectivity index (χ0n) is 12.3. The number of nitrogens with two attached hydrogens (primary N) is 1. The van der Waals surface area contributed by atoms with E-state index in [1.165, 1.54) is 36.4 Å². The number of hydrogen-bond acceptors (Lipinski definition) is 4. The van der Waals surface area contributed by atoms with Crippen molar-refractivity contribution in [1.29, 1.82) is 0 Å². The van der Waals surface area contributed by atoms with Gasteiger partial charge in [0.05, 0.1) is 11.4 Å². The topological polar surface area (TPSA) is 118 Å². The normalized spacial score (nSPS) is 10.9. The molecule has 0 aromatic heterocycles. The van der Waals surface area contributed by atoms with Crippen LogP contribution in [0.15, 0.2) is 53.4 Å². The van der Waals surface area contributed by atoms with Gasteiger partial charge in [-0.1, -0.05) is 0 Å². The highest BCUT2D eigenvalue weighted by molar-refractivity contribution is 7.89. The molecule has 0 aliphatic carbocycles. The molecule has 0 unspecified atom stereocenters. The first kappa shape index (κ1) is 17.6. The highest BCUT2D eigenvalue weighted by Crippen LogP contribution is 2.12. The van der Waals surface area contributed by atoms with Crippen molar-refractivity contribution in [3.63, 3.8) is 0 Å². The molecular weight excluding hydrogens is 337 g/mol. The minimum absolute atomic E-state index is 0.0786. The van der Waals surface area contributed by atoms with E-state index in [1.807, 2.05) is 0 Å². The lowest BCUT2D eigenvalue weighted by molar-refractivity contribution is -0.115. The highest BCUT2D eigenvalue weighted by atomic mass is 32.2. The molecule has 0 aliphatic rings. The summed E-state index contributed by atoms with van der Waals surface area (Å²) in [6, 6.07) is 10.1. The van der Waals surface area contributed by atoms with E-state index in [0.29, 0.717) is 5.69 Å². The smallest absolute Gasteiger partial charge is 0.251 e. The quantitative estimate of drug-likeness (QED) is 0.740. The standard InChI is InChI=1S/C15H14FN3O4S/c16-11-3-1-10(2-4-11)15(21)18-9-14(20)19-12-5-7-13(8-6-12)24(17,22)23/h1-8H,9H2,(H,18,21)(H,19,20)(H2,17,22,23). The second kappa shape index (κ2) is 7.20. The van der Waals surface area contributed by atoms with E-state index in [9.17, 15) is 22.4 Å². The largest absolute Gasteiger partial charge is 0.343 e. The maximum atomic E-state index is 12.8. The van der Waals surface area contributed by atoms with E-state index in [4.69, 9.17) is 5.14 Å². The number of nitrogens with one attached hydrogen (secondary N) is 2. The Kier molecular flexibility index (Phi) is 5.27. The lowest BCUT2D eigenvalue weighted by atomic mass is 10.2. The molecule has 7 nitrogen and oxygen atoms in total. The van der Waals surface area contributed by atoms with Gasteiger partial charge >= 0.3 is 0 Å². The highest BCUT2D eigenvalue weighted by Gasteiger charge is 2.10. The van der Waals surface area contributed by atoms with E-state index < -0.39 is 27.7 Å². The molecule has 0 aliphatic heterocycles. The summed E-state index contributed by atoms with van der Waals surface area (Å²) in [6.45, 7) is -0.298. The summed E-state index contributed by atoms with van der Waals surface area (Å²) in [4.78, 5) is 23.5. The number of primary sulfonamides is 1. The second-order valence-electron chi connectivity index (χ2n) is 4.81. The number of amides is 2. The summed E-state index contributed by atoms with van der Waals surface area (Å²) in [5.41, 5.74) is 0.574. The Balaban J connectivity index is 1.89. The number of sulfonamides is 1. The van der Waals surface area contributed by atoms with Gasteiger partial charge in [-0.2, -0.15) is 0 Å². The van der Waals surface area contributed by atoms with Crippen molar-refractivity contribution in [2.24, 2.45) is 5.14 Å². The molecule has 0 saturated heterocycles. The minimum atomic E-state index is -3.80. The van der Waals surface area contributed by atoms with Crippen LogP contribution in [0.2, 0.25) is 0 Å². The second-order valence-corrected chi connectivity index (χ2v) is 6.37. The number of halogens is 1. The molecule has 24 heavy (non-hydrogen) atoms. The summed E-state index contributed by atoms with van der Waals surface area (Å²) in [5.74, 6) is -1.49. The van der Waals surface area contributed by atoms with E-state index in [0.717, 1.165) is 12.1 Å². The van der Waals surface area contributed by atoms with Gasteiger partial charge in [-0.05, 0) is 48.5 Å². The first-order valence-electron chi connectivity index (χ1n) is 6.72. The van der Waals surface area contributed by atoms with Crippen LogP contribution in [0.5, 0.6) is 0 Å². The fraction of sp³-hybridized carbons (Fsp3) is 0.0667. The third-order valence-electron chi connectivity index (χ3n) is 2.98. The zero-order chi connectivity index (χ0) is 17.7. The van der Waals surface area contributed by atoms with Crippen LogP contribution in [0.1, 0.15) is 10.4 Å². The van der Waals surface area contributed by atoms with Gasteiger partial charge in [0.25, 0.3) is 5.91 Å². The third kappa shape index (κ3) is 4.86. The van der Waals surface area contributed by atoms with E-state index in [1.54, 1.807) is 0 Å². The van der Waals surface area contributed by atoms with Gasteiger partial charge < -0.3 is 10.6 Å². The molecule has 0 spiro atoms. The molecule has 2 aromatic carbocycles. The Bertz CT molecular complexity index is 849. The average Bonchev–Trinajstić information content (AvgIpc) is 2.53. The van der Waals surface area contributed by atoms with Gasteiger partial charge in [0.2, 0.25) is 15.9 Å². The summed E-state index contributed by atoms with van der Waals surface area (Å²) >= 11 is 0. The van der Waals surface area contributed by atoms with Crippen LogP contribution in [-0.4, -0.2) is 26.8 Å². The van der Waals surface area contributed by atoms with Crippen LogP contribution in [-0.2, 0) is 14.8 Å². The predicted octanol–water partition coefficient (Wildman–Crippen LogP) is 0.842. The first-order valence-corrected chi connectivity index (χ1v) is 8.27. The molecule has 2 rings (SSSR count). The summed E-state index contributed by atoms with van der Waals surface area (Å²) in [6.07, 6.45) is 0. The van der Waals surface area contributed by atoms with Crippen molar-refractivity contribution in [2.45, 2.75) is 4.90 Å². The van der Waals surface area contributed by atoms with Gasteiger partial charge in [0.15, 0.2) is 0 Å². The van der Waals surface area contributed by atoms with Gasteiger partial charge in [-0.15, -0.1) is 0 Å². The van der Waals surface area contributed by atoms with Crippen LogP contribution in [0.3, 0.4) is 0 Å². The van der Waals surface area contributed by atoms with Gasteiger partial charge in [0, 0.05) is 11.3 Å². The van der Waals surface area contributed by atoms with Crippen molar-refractivity contribution in [1.82, 2.24) is 5.32 Å². The monoisotopic (exact) mass is 351 g/mol. The van der Waals surface area contributed by atoms with Crippen LogP contribution in [0.25, 0.3) is 0 Å². The molecule has 0 saturated carbocycles. The molecule has 126 valence electrons. The molecule has 9 heteroatoms. The summed E-state index contributed by atoms with van der Waals surface area (Å²) < 4.78 is 35.0. The Labute approximate surface area is 137 Å². The molecule has 0 radical (unpaired) electrons. The Morgan fingerprint density at radius 1 is 1.00 bits per heavy atom. The number of rotatable bonds is 5. The maximum absolute atomic E-state index is 12.8. The Hall–Kier alpha value is -2.78. The molecule has 0 bridgehead atoms. The molecular formula is C15H14FN3O4S. The first-order chi connectivity index (χ1) is 11.3. The van der Waals surface area contributed by atoms with Crippen molar-refractivity contribution < 1.29 is 22.4 Å². The fourth-order valence-corrected chi connectivity index (χ4v) is 2.31. The number of anilines is 1. The summed E-state index contributed by atoms with van der Waals surface area (Å²) in [5, 5.41) is 9.84. The lowest BCUT2D eigenvalue weighted by Gasteiger charge is -2.07. The SMILES string of the molecule is NS(=O)(=O)c1ccc(NC(=O)CNC(=O)c2ccc(F)cc2)cc1. The van der Waals surface area contributed by atoms with Crippen LogP contribution >= 0.6 is 0 Å². The fourth-order valence-electron chi connectivity index (χ4n) is 1.80. The van der Waals surface area contributed by atoms with Gasteiger partial charge in [-0.25, -0.2) is 17.9 Å². The van der Waals surface area contributed by atoms with E-state index in [-0.39, 0.29) is 17.0 Å². The molecule has 2 amide bonds. The molecule has 0 atom stereocenters. The molecule has 0 heterocycles. The van der Waals surface area contributed by atoms with Crippen molar-refractivity contribution in [2.75, 3.05) is 11.9 Å². The summed E-state index contributed by atoms with van der Waals surface area (Å²) in [7, 11) is -3.80. The lowest BCUT2D eigenvalue weighted by Crippen LogP contribution is -2.32. The molecule has 0 fully saturated rings. The number of hydrogen-bond donors (Lipinski definition) is 3. The molecule has 4 N–H and O–H groups in total. The minimum Gasteiger partial charge on any atom is -0.343 e. The molecule has 2 aromatic rings.